The molecule has 25 heavy (non-hydrogen) atoms. The Morgan fingerprint density at radius 2 is 2.12 bits per heavy atom. The van der Waals surface area contributed by atoms with Crippen LogP contribution < -0.4 is 10.6 Å². The third-order valence-corrected chi connectivity index (χ3v) is 5.67. The molecule has 0 bridgehead atoms. The van der Waals surface area contributed by atoms with E-state index in [9.17, 15) is 4.79 Å². The van der Waals surface area contributed by atoms with Crippen molar-refractivity contribution in [3.05, 3.63) is 11.4 Å². The normalized spacial score (nSPS) is 19.8. The summed E-state index contributed by atoms with van der Waals surface area (Å²) in [6.45, 7) is 5.39. The highest BCUT2D eigenvalue weighted by Crippen LogP contribution is 2.43. The zero-order valence-electron chi connectivity index (χ0n) is 15.2. The van der Waals surface area contributed by atoms with Crippen molar-refractivity contribution in [3.63, 3.8) is 0 Å². The number of methoxy groups -OCH3 is 1. The summed E-state index contributed by atoms with van der Waals surface area (Å²) in [6, 6.07) is 0.347. The number of aromatic nitrogens is 3. The van der Waals surface area contributed by atoms with Gasteiger partial charge >= 0.3 is 0 Å². The predicted octanol–water partition coefficient (Wildman–Crippen LogP) is 1.87. The highest BCUT2D eigenvalue weighted by molar-refractivity contribution is 5.93. The number of ether oxygens (including phenoxy) is 1. The topological polar surface area (TPSA) is 81.1 Å². The molecule has 1 aromatic heterocycles. The van der Waals surface area contributed by atoms with Gasteiger partial charge in [0.2, 0.25) is 0 Å². The Morgan fingerprint density at radius 1 is 1.40 bits per heavy atom. The Hall–Kier alpha value is -1.18. The molecule has 1 saturated heterocycles. The summed E-state index contributed by atoms with van der Waals surface area (Å²) in [5, 5.41) is 14.8. The molecule has 1 amide bonds. The molecule has 1 saturated carbocycles. The molecule has 2 heterocycles. The summed E-state index contributed by atoms with van der Waals surface area (Å²) in [4.78, 5) is 12.6. The van der Waals surface area contributed by atoms with Gasteiger partial charge in [-0.3, -0.25) is 4.79 Å². The number of hydrogen-bond acceptors (Lipinski definition) is 5. The lowest BCUT2D eigenvalue weighted by molar-refractivity contribution is 0.0629. The highest BCUT2D eigenvalue weighted by Gasteiger charge is 2.37. The van der Waals surface area contributed by atoms with E-state index in [4.69, 9.17) is 4.74 Å². The van der Waals surface area contributed by atoms with Gasteiger partial charge in [-0.05, 0) is 57.5 Å². The van der Waals surface area contributed by atoms with Crippen LogP contribution in [0.1, 0.15) is 60.7 Å². The van der Waals surface area contributed by atoms with Crippen molar-refractivity contribution in [3.8, 4) is 0 Å². The molecule has 142 valence electrons. The first-order valence-corrected chi connectivity index (χ1v) is 9.05. The number of carbonyl (C=O) groups excluding carboxylic acids is 1. The molecule has 0 aromatic carbocycles. The fraction of sp³-hybridized carbons (Fsp3) is 0.824. The maximum Gasteiger partial charge on any atom is 0.273 e. The summed E-state index contributed by atoms with van der Waals surface area (Å²) >= 11 is 0. The average molecular weight is 372 g/mol. The number of nitrogens with zero attached hydrogens (tertiary/aromatic N) is 3. The first kappa shape index (κ1) is 20.1. The molecular formula is C17H30ClN5O2. The Morgan fingerprint density at radius 3 is 2.72 bits per heavy atom. The molecule has 2 fully saturated rings. The molecule has 2 N–H and O–H groups in total. The maximum absolute atomic E-state index is 12.6. The Balaban J connectivity index is 0.00000225. The zero-order valence-corrected chi connectivity index (χ0v) is 16.0. The number of hydrogen-bond donors (Lipinski definition) is 2. The van der Waals surface area contributed by atoms with Gasteiger partial charge in [0.1, 0.15) is 0 Å². The van der Waals surface area contributed by atoms with Crippen molar-refractivity contribution in [2.75, 3.05) is 33.4 Å². The third kappa shape index (κ3) is 4.51. The van der Waals surface area contributed by atoms with Crippen LogP contribution in [0.25, 0.3) is 0 Å². The quantitative estimate of drug-likeness (QED) is 0.764. The lowest BCUT2D eigenvalue weighted by atomic mass is 9.67. The second-order valence-corrected chi connectivity index (χ2v) is 7.23. The molecule has 8 heteroatoms. The maximum atomic E-state index is 12.6. The van der Waals surface area contributed by atoms with E-state index < -0.39 is 0 Å². The monoisotopic (exact) mass is 371 g/mol. The first-order chi connectivity index (χ1) is 11.7. The van der Waals surface area contributed by atoms with Gasteiger partial charge in [0.25, 0.3) is 5.91 Å². The molecule has 0 atom stereocenters. The lowest BCUT2D eigenvalue weighted by Crippen LogP contribution is -2.43. The standard InChI is InChI=1S/C17H29N5O2.ClH/c1-13-15(20-21-22(13)14-4-9-18-10-5-14)16(23)19-12-17(6-3-7-17)8-11-24-2;/h14,18H,3-12H2,1-2H3,(H,19,23);1H. The summed E-state index contributed by atoms with van der Waals surface area (Å²) in [7, 11) is 1.73. The molecule has 2 aliphatic rings. The van der Waals surface area contributed by atoms with Crippen LogP contribution in [0.3, 0.4) is 0 Å². The molecule has 7 nitrogen and oxygen atoms in total. The van der Waals surface area contributed by atoms with Crippen molar-refractivity contribution < 1.29 is 9.53 Å². The van der Waals surface area contributed by atoms with Crippen LogP contribution in [0, 0.1) is 12.3 Å². The molecule has 0 spiro atoms. The van der Waals surface area contributed by atoms with E-state index in [0.29, 0.717) is 18.3 Å². The molecule has 1 aliphatic carbocycles. The van der Waals surface area contributed by atoms with Gasteiger partial charge in [-0.15, -0.1) is 17.5 Å². The highest BCUT2D eigenvalue weighted by atomic mass is 35.5. The second-order valence-electron chi connectivity index (χ2n) is 7.23. The fourth-order valence-corrected chi connectivity index (χ4v) is 3.81. The lowest BCUT2D eigenvalue weighted by Gasteiger charge is -2.42. The van der Waals surface area contributed by atoms with Gasteiger partial charge in [-0.25, -0.2) is 4.68 Å². The Labute approximate surface area is 155 Å². The van der Waals surface area contributed by atoms with E-state index in [0.717, 1.165) is 57.5 Å². The summed E-state index contributed by atoms with van der Waals surface area (Å²) < 4.78 is 7.14. The van der Waals surface area contributed by atoms with Crippen LogP contribution in [0.5, 0.6) is 0 Å². The van der Waals surface area contributed by atoms with E-state index in [2.05, 4.69) is 20.9 Å². The number of nitrogens with one attached hydrogen (secondary N) is 2. The van der Waals surface area contributed by atoms with Gasteiger partial charge in [-0.1, -0.05) is 11.6 Å². The summed E-state index contributed by atoms with van der Waals surface area (Å²) in [5.74, 6) is -0.101. The van der Waals surface area contributed by atoms with E-state index in [1.165, 1.54) is 6.42 Å². The number of amides is 1. The molecule has 0 unspecified atom stereocenters. The molecule has 3 rings (SSSR count). The van der Waals surface area contributed by atoms with E-state index in [-0.39, 0.29) is 23.7 Å². The van der Waals surface area contributed by atoms with Gasteiger partial charge in [-0.2, -0.15) is 0 Å². The Bertz CT molecular complexity index is 567. The van der Waals surface area contributed by atoms with Gasteiger partial charge in [0.15, 0.2) is 5.69 Å². The summed E-state index contributed by atoms with van der Waals surface area (Å²) in [6.07, 6.45) is 6.64. The van der Waals surface area contributed by atoms with Crippen molar-refractivity contribution in [2.45, 2.75) is 51.5 Å². The molecular weight excluding hydrogens is 342 g/mol. The molecule has 1 aromatic rings. The van der Waals surface area contributed by atoms with E-state index >= 15 is 0 Å². The minimum absolute atomic E-state index is 0. The smallest absolute Gasteiger partial charge is 0.273 e. The molecule has 1 aliphatic heterocycles. The summed E-state index contributed by atoms with van der Waals surface area (Å²) in [5.41, 5.74) is 1.55. The van der Waals surface area contributed by atoms with Crippen LogP contribution >= 0.6 is 12.4 Å². The van der Waals surface area contributed by atoms with E-state index in [1.54, 1.807) is 7.11 Å². The van der Waals surface area contributed by atoms with Crippen LogP contribution in [0.15, 0.2) is 0 Å². The predicted molar refractivity (Wildman–Crippen MR) is 98.3 cm³/mol. The SMILES string of the molecule is COCCC1(CNC(=O)c2nnn(C3CCNCC3)c2C)CCC1.Cl. The van der Waals surface area contributed by atoms with Gasteiger partial charge < -0.3 is 15.4 Å². The Kier molecular flexibility index (Phi) is 7.22. The van der Waals surface area contributed by atoms with Crippen molar-refractivity contribution in [1.82, 2.24) is 25.6 Å². The number of piperidine rings is 1. The van der Waals surface area contributed by atoms with Crippen molar-refractivity contribution in [2.24, 2.45) is 5.41 Å². The van der Waals surface area contributed by atoms with Crippen LogP contribution in [0.4, 0.5) is 0 Å². The largest absolute Gasteiger partial charge is 0.385 e. The number of rotatable bonds is 7. The minimum Gasteiger partial charge on any atom is -0.385 e. The van der Waals surface area contributed by atoms with Crippen LogP contribution in [-0.2, 0) is 4.74 Å². The van der Waals surface area contributed by atoms with Crippen molar-refractivity contribution in [1.29, 1.82) is 0 Å². The third-order valence-electron chi connectivity index (χ3n) is 5.67. The average Bonchev–Trinajstić information content (AvgIpc) is 2.96. The van der Waals surface area contributed by atoms with Crippen molar-refractivity contribution >= 4 is 18.3 Å². The molecule has 0 radical (unpaired) electrons. The zero-order chi connectivity index (χ0) is 17.0. The number of carbonyl (C=O) groups is 1. The van der Waals surface area contributed by atoms with Gasteiger partial charge in [0, 0.05) is 20.3 Å². The van der Waals surface area contributed by atoms with Crippen LogP contribution in [-0.4, -0.2) is 54.3 Å². The van der Waals surface area contributed by atoms with Crippen LogP contribution in [0.2, 0.25) is 0 Å². The minimum atomic E-state index is -0.101. The first-order valence-electron chi connectivity index (χ1n) is 9.05. The number of halogens is 1. The van der Waals surface area contributed by atoms with Gasteiger partial charge in [0.05, 0.1) is 11.7 Å². The van der Waals surface area contributed by atoms with E-state index in [1.807, 2.05) is 11.6 Å². The fourth-order valence-electron chi connectivity index (χ4n) is 3.81. The second kappa shape index (κ2) is 8.96.